The van der Waals surface area contributed by atoms with E-state index in [0.717, 1.165) is 19.2 Å². The van der Waals surface area contributed by atoms with Gasteiger partial charge >= 0.3 is 5.97 Å². The van der Waals surface area contributed by atoms with Crippen LogP contribution in [0, 0.1) is 26.6 Å². The van der Waals surface area contributed by atoms with Gasteiger partial charge in [-0.3, -0.25) is 4.72 Å². The predicted molar refractivity (Wildman–Crippen MR) is 136 cm³/mol. The van der Waals surface area contributed by atoms with Crippen LogP contribution in [0.1, 0.15) is 27.0 Å². The van der Waals surface area contributed by atoms with Crippen LogP contribution in [-0.4, -0.2) is 45.7 Å². The van der Waals surface area contributed by atoms with E-state index in [1.807, 2.05) is 4.90 Å². The normalized spacial score (nSPS) is 14.2. The molecule has 4 rings (SSSR count). The van der Waals surface area contributed by atoms with Crippen molar-refractivity contribution in [1.82, 2.24) is 0 Å². The second kappa shape index (κ2) is 9.58. The Morgan fingerprint density at radius 2 is 1.49 bits per heavy atom. The van der Waals surface area contributed by atoms with Gasteiger partial charge in [0.2, 0.25) is 0 Å². The molecule has 0 saturated carbocycles. The van der Waals surface area contributed by atoms with E-state index < -0.39 is 21.8 Å². The van der Waals surface area contributed by atoms with Gasteiger partial charge < -0.3 is 14.9 Å². The van der Waals surface area contributed by atoms with Gasteiger partial charge in [-0.15, -0.1) is 0 Å². The smallest absolute Gasteiger partial charge is 0.337 e. The molecule has 9 heteroatoms. The minimum Gasteiger partial charge on any atom is -0.478 e. The average Bonchev–Trinajstić information content (AvgIpc) is 2.82. The van der Waals surface area contributed by atoms with Gasteiger partial charge in [-0.2, -0.15) is 0 Å². The van der Waals surface area contributed by atoms with E-state index in [-0.39, 0.29) is 16.1 Å². The number of sulfonamides is 1. The molecule has 1 heterocycles. The quantitative estimate of drug-likeness (QED) is 0.518. The number of piperazine rings is 1. The molecule has 1 fully saturated rings. The van der Waals surface area contributed by atoms with Crippen LogP contribution in [0.2, 0.25) is 0 Å². The number of aryl methyl sites for hydroxylation is 3. The molecule has 7 nitrogen and oxygen atoms in total. The molecule has 35 heavy (non-hydrogen) atoms. The summed E-state index contributed by atoms with van der Waals surface area (Å²) in [6, 6.07) is 14.3. The summed E-state index contributed by atoms with van der Waals surface area (Å²) < 4.78 is 41.7. The molecule has 3 aromatic rings. The van der Waals surface area contributed by atoms with E-state index in [4.69, 9.17) is 0 Å². The highest BCUT2D eigenvalue weighted by molar-refractivity contribution is 7.92. The van der Waals surface area contributed by atoms with Crippen LogP contribution in [0.15, 0.2) is 59.5 Å². The number of carboxylic acids is 1. The van der Waals surface area contributed by atoms with Crippen molar-refractivity contribution in [2.45, 2.75) is 25.7 Å². The number of anilines is 3. The second-order valence-corrected chi connectivity index (χ2v) is 10.5. The number of hydrogen-bond acceptors (Lipinski definition) is 5. The lowest BCUT2D eigenvalue weighted by Crippen LogP contribution is -2.47. The zero-order valence-electron chi connectivity index (χ0n) is 19.9. The van der Waals surface area contributed by atoms with E-state index in [0.29, 0.717) is 24.3 Å². The van der Waals surface area contributed by atoms with Crippen molar-refractivity contribution in [2.75, 3.05) is 40.7 Å². The number of rotatable bonds is 6. The fourth-order valence-electron chi connectivity index (χ4n) is 4.37. The number of carbonyl (C=O) groups is 1. The van der Waals surface area contributed by atoms with Crippen molar-refractivity contribution in [3.05, 3.63) is 82.7 Å². The maximum absolute atomic E-state index is 13.6. The topological polar surface area (TPSA) is 90.0 Å². The van der Waals surface area contributed by atoms with E-state index in [2.05, 4.69) is 41.7 Å². The van der Waals surface area contributed by atoms with Gasteiger partial charge in [-0.25, -0.2) is 17.6 Å². The molecule has 2 N–H and O–H groups in total. The van der Waals surface area contributed by atoms with Crippen LogP contribution in [0.4, 0.5) is 21.5 Å². The summed E-state index contributed by atoms with van der Waals surface area (Å²) in [5, 5.41) is 9.85. The lowest BCUT2D eigenvalue weighted by molar-refractivity contribution is 0.0697. The van der Waals surface area contributed by atoms with Crippen LogP contribution < -0.4 is 14.5 Å². The minimum atomic E-state index is -4.10. The molecule has 0 spiro atoms. The standard InChI is InChI=1S/C26H28FN3O4S/c1-17-4-5-18(2)24(14-17)30-12-10-29(11-13-30)23-9-8-21(16-22(23)26(31)32)28-35(33,34)25-15-20(27)7-6-19(25)3/h4-9,14-16,28H,10-13H2,1-3H3,(H,31,32). The minimum absolute atomic E-state index is 0.00125. The molecule has 0 aliphatic carbocycles. The first-order valence-electron chi connectivity index (χ1n) is 11.3. The molecule has 1 saturated heterocycles. The molecule has 0 bridgehead atoms. The van der Waals surface area contributed by atoms with E-state index in [1.54, 1.807) is 13.0 Å². The summed E-state index contributed by atoms with van der Waals surface area (Å²) in [6.45, 7) is 8.42. The van der Waals surface area contributed by atoms with E-state index in [1.165, 1.54) is 41.1 Å². The first-order chi connectivity index (χ1) is 16.5. The van der Waals surface area contributed by atoms with Crippen LogP contribution in [0.3, 0.4) is 0 Å². The fourth-order valence-corrected chi connectivity index (χ4v) is 5.68. The first-order valence-corrected chi connectivity index (χ1v) is 12.8. The second-order valence-electron chi connectivity index (χ2n) is 8.82. The molecule has 0 atom stereocenters. The summed E-state index contributed by atoms with van der Waals surface area (Å²) in [5.41, 5.74) is 4.58. The Labute approximate surface area is 204 Å². The molecule has 3 aromatic carbocycles. The Morgan fingerprint density at radius 1 is 0.857 bits per heavy atom. The van der Waals surface area contributed by atoms with Crippen molar-refractivity contribution in [3.8, 4) is 0 Å². The number of nitrogens with one attached hydrogen (secondary N) is 1. The molecular weight excluding hydrogens is 469 g/mol. The van der Waals surface area contributed by atoms with Gasteiger partial charge in [-0.1, -0.05) is 18.2 Å². The number of carboxylic acid groups (broad SMARTS) is 1. The van der Waals surface area contributed by atoms with Crippen molar-refractivity contribution in [3.63, 3.8) is 0 Å². The number of hydrogen-bond donors (Lipinski definition) is 2. The molecule has 0 aromatic heterocycles. The van der Waals surface area contributed by atoms with Gasteiger partial charge in [0, 0.05) is 37.6 Å². The third-order valence-corrected chi connectivity index (χ3v) is 7.77. The highest BCUT2D eigenvalue weighted by Gasteiger charge is 2.24. The predicted octanol–water partition coefficient (Wildman–Crippen LogP) is 4.58. The summed E-state index contributed by atoms with van der Waals surface area (Å²) in [4.78, 5) is 16.2. The van der Waals surface area contributed by atoms with Crippen LogP contribution >= 0.6 is 0 Å². The molecule has 1 aliphatic rings. The zero-order valence-corrected chi connectivity index (χ0v) is 20.7. The molecule has 1 aliphatic heterocycles. The number of halogens is 1. The third-order valence-electron chi connectivity index (χ3n) is 6.24. The average molecular weight is 498 g/mol. The van der Waals surface area contributed by atoms with Crippen molar-refractivity contribution >= 4 is 33.1 Å². The maximum Gasteiger partial charge on any atom is 0.337 e. The maximum atomic E-state index is 13.6. The Balaban J connectivity index is 1.55. The molecule has 0 radical (unpaired) electrons. The van der Waals surface area contributed by atoms with Crippen molar-refractivity contribution < 1.29 is 22.7 Å². The monoisotopic (exact) mass is 497 g/mol. The highest BCUT2D eigenvalue weighted by Crippen LogP contribution is 2.29. The Kier molecular flexibility index (Phi) is 6.71. The molecule has 184 valence electrons. The van der Waals surface area contributed by atoms with Crippen LogP contribution in [0.5, 0.6) is 0 Å². The van der Waals surface area contributed by atoms with Crippen molar-refractivity contribution in [1.29, 1.82) is 0 Å². The zero-order chi connectivity index (χ0) is 25.3. The Hall–Kier alpha value is -3.59. The fraction of sp³-hybridized carbons (Fsp3) is 0.269. The van der Waals surface area contributed by atoms with Gasteiger partial charge in [0.15, 0.2) is 0 Å². The third kappa shape index (κ3) is 5.24. The number of benzene rings is 3. The highest BCUT2D eigenvalue weighted by atomic mass is 32.2. The van der Waals surface area contributed by atoms with Gasteiger partial charge in [-0.05, 0) is 73.9 Å². The van der Waals surface area contributed by atoms with Gasteiger partial charge in [0.1, 0.15) is 5.82 Å². The van der Waals surface area contributed by atoms with Gasteiger partial charge in [0.05, 0.1) is 16.1 Å². The molecule has 0 amide bonds. The largest absolute Gasteiger partial charge is 0.478 e. The van der Waals surface area contributed by atoms with Crippen LogP contribution in [-0.2, 0) is 10.0 Å². The number of nitrogens with zero attached hydrogens (tertiary/aromatic N) is 2. The summed E-state index contributed by atoms with van der Waals surface area (Å²) in [6.07, 6.45) is 0. The summed E-state index contributed by atoms with van der Waals surface area (Å²) in [5.74, 6) is -1.82. The number of aromatic carboxylic acids is 1. The lowest BCUT2D eigenvalue weighted by atomic mass is 10.1. The van der Waals surface area contributed by atoms with Gasteiger partial charge in [0.25, 0.3) is 10.0 Å². The first kappa shape index (κ1) is 24.5. The SMILES string of the molecule is Cc1ccc(C)c(N2CCN(c3ccc(NS(=O)(=O)c4cc(F)ccc4C)cc3C(=O)O)CC2)c1. The summed E-state index contributed by atoms with van der Waals surface area (Å²) in [7, 11) is -4.10. The van der Waals surface area contributed by atoms with Crippen molar-refractivity contribution in [2.24, 2.45) is 0 Å². The summed E-state index contributed by atoms with van der Waals surface area (Å²) >= 11 is 0. The van der Waals surface area contributed by atoms with Crippen LogP contribution in [0.25, 0.3) is 0 Å². The molecule has 0 unspecified atom stereocenters. The Bertz CT molecular complexity index is 1380. The molecular formula is C26H28FN3O4S. The van der Waals surface area contributed by atoms with E-state index >= 15 is 0 Å². The lowest BCUT2D eigenvalue weighted by Gasteiger charge is -2.38. The Morgan fingerprint density at radius 3 is 2.14 bits per heavy atom. The van der Waals surface area contributed by atoms with E-state index in [9.17, 15) is 22.7 Å².